The van der Waals surface area contributed by atoms with Gasteiger partial charge in [-0.2, -0.15) is 4.31 Å². The van der Waals surface area contributed by atoms with Gasteiger partial charge in [0.25, 0.3) is 0 Å². The minimum Gasteiger partial charge on any atom is -0.383 e. The number of rotatable bonds is 9. The number of sulfonamides is 1. The number of hydrogen-bond acceptors (Lipinski definition) is 5. The summed E-state index contributed by atoms with van der Waals surface area (Å²) in [4.78, 5) is 25.4. The number of carbonyl (C=O) groups excluding carboxylic acids is 2. The van der Waals surface area contributed by atoms with E-state index in [-0.39, 0.29) is 41.6 Å². The molecule has 1 fully saturated rings. The number of methoxy groups -OCH3 is 1. The van der Waals surface area contributed by atoms with Gasteiger partial charge in [-0.05, 0) is 37.8 Å². The lowest BCUT2D eigenvalue weighted by Crippen LogP contribution is -2.52. The number of carbonyl (C=O) groups is 2. The number of hydrogen-bond donors (Lipinski definition) is 2. The summed E-state index contributed by atoms with van der Waals surface area (Å²) in [6.45, 7) is 6.99. The Morgan fingerprint density at radius 1 is 1.17 bits per heavy atom. The summed E-state index contributed by atoms with van der Waals surface area (Å²) in [6.07, 6.45) is 0.847. The van der Waals surface area contributed by atoms with Crippen LogP contribution < -0.4 is 10.6 Å². The maximum Gasteiger partial charge on any atom is 0.243 e. The fourth-order valence-corrected chi connectivity index (χ4v) is 4.88. The first kappa shape index (κ1) is 24.3. The van der Waals surface area contributed by atoms with E-state index in [1.165, 1.54) is 4.31 Å². The van der Waals surface area contributed by atoms with E-state index in [9.17, 15) is 18.0 Å². The zero-order valence-corrected chi connectivity index (χ0v) is 19.0. The smallest absolute Gasteiger partial charge is 0.243 e. The maximum atomic E-state index is 12.8. The van der Waals surface area contributed by atoms with Crippen LogP contribution in [0.2, 0.25) is 0 Å². The summed E-state index contributed by atoms with van der Waals surface area (Å²) in [6, 6.07) is 6.13. The molecule has 0 saturated carbocycles. The second kappa shape index (κ2) is 10.9. The minimum absolute atomic E-state index is 0.0708. The highest BCUT2D eigenvalue weighted by molar-refractivity contribution is 7.89. The van der Waals surface area contributed by atoms with Gasteiger partial charge < -0.3 is 15.4 Å². The highest BCUT2D eigenvalue weighted by Crippen LogP contribution is 2.24. The zero-order chi connectivity index (χ0) is 22.3. The molecule has 1 heterocycles. The molecule has 1 saturated heterocycles. The highest BCUT2D eigenvalue weighted by Gasteiger charge is 2.34. The summed E-state index contributed by atoms with van der Waals surface area (Å²) in [5.74, 6) is -0.834. The van der Waals surface area contributed by atoms with Crippen LogP contribution in [0.15, 0.2) is 29.2 Å². The van der Waals surface area contributed by atoms with E-state index in [1.54, 1.807) is 31.4 Å². The maximum absolute atomic E-state index is 12.8. The molecule has 1 atom stereocenters. The summed E-state index contributed by atoms with van der Waals surface area (Å²) < 4.78 is 32.0. The molecule has 0 radical (unpaired) electrons. The molecular formula is C21H33N3O5S. The van der Waals surface area contributed by atoms with Crippen LogP contribution in [-0.2, 0) is 24.3 Å². The summed E-state index contributed by atoms with van der Waals surface area (Å²) in [7, 11) is -2.01. The summed E-state index contributed by atoms with van der Waals surface area (Å²) >= 11 is 0. The summed E-state index contributed by atoms with van der Waals surface area (Å²) in [5.41, 5.74) is 0.996. The van der Waals surface area contributed by atoms with Gasteiger partial charge in [0.15, 0.2) is 0 Å². The van der Waals surface area contributed by atoms with Crippen molar-refractivity contribution in [3.8, 4) is 0 Å². The Bertz CT molecular complexity index is 816. The van der Waals surface area contributed by atoms with Crippen molar-refractivity contribution < 1.29 is 22.7 Å². The number of piperidine rings is 1. The van der Waals surface area contributed by atoms with Crippen molar-refractivity contribution in [2.24, 2.45) is 11.8 Å². The average Bonchev–Trinajstić information content (AvgIpc) is 2.72. The SMILES string of the molecule is COCCNC(=O)C(NC(=O)C1CCN(S(=O)(=O)c2ccc(C)cc2)CC1)C(C)C. The molecule has 0 spiro atoms. The lowest BCUT2D eigenvalue weighted by atomic mass is 9.95. The molecule has 1 unspecified atom stereocenters. The predicted octanol–water partition coefficient (Wildman–Crippen LogP) is 1.30. The molecule has 168 valence electrons. The fraction of sp³-hybridized carbons (Fsp3) is 0.619. The van der Waals surface area contributed by atoms with Crippen LogP contribution in [0, 0.1) is 18.8 Å². The quantitative estimate of drug-likeness (QED) is 0.565. The average molecular weight is 440 g/mol. The van der Waals surface area contributed by atoms with Gasteiger partial charge in [-0.1, -0.05) is 31.5 Å². The Labute approximate surface area is 179 Å². The van der Waals surface area contributed by atoms with E-state index in [1.807, 2.05) is 20.8 Å². The van der Waals surface area contributed by atoms with Crippen molar-refractivity contribution in [3.05, 3.63) is 29.8 Å². The molecule has 1 aliphatic rings. The second-order valence-electron chi connectivity index (χ2n) is 8.01. The predicted molar refractivity (Wildman–Crippen MR) is 114 cm³/mol. The first-order chi connectivity index (χ1) is 14.2. The molecule has 30 heavy (non-hydrogen) atoms. The molecule has 0 aromatic heterocycles. The third-order valence-electron chi connectivity index (χ3n) is 5.34. The number of nitrogens with one attached hydrogen (secondary N) is 2. The van der Waals surface area contributed by atoms with E-state index >= 15 is 0 Å². The molecule has 8 nitrogen and oxygen atoms in total. The van der Waals surface area contributed by atoms with Crippen molar-refractivity contribution >= 4 is 21.8 Å². The van der Waals surface area contributed by atoms with Crippen LogP contribution >= 0.6 is 0 Å². The summed E-state index contributed by atoms with van der Waals surface area (Å²) in [5, 5.41) is 5.60. The van der Waals surface area contributed by atoms with E-state index < -0.39 is 16.1 Å². The molecule has 1 aromatic rings. The Morgan fingerprint density at radius 2 is 1.77 bits per heavy atom. The molecule has 0 aliphatic carbocycles. The van der Waals surface area contributed by atoms with E-state index in [4.69, 9.17) is 4.74 Å². The first-order valence-corrected chi connectivity index (χ1v) is 11.7. The zero-order valence-electron chi connectivity index (χ0n) is 18.2. The third-order valence-corrected chi connectivity index (χ3v) is 7.25. The van der Waals surface area contributed by atoms with Crippen molar-refractivity contribution in [3.63, 3.8) is 0 Å². The third kappa shape index (κ3) is 6.26. The molecule has 1 aliphatic heterocycles. The lowest BCUT2D eigenvalue weighted by molar-refractivity contribution is -0.132. The Morgan fingerprint density at radius 3 is 2.30 bits per heavy atom. The molecule has 2 amide bonds. The molecular weight excluding hydrogens is 406 g/mol. The van der Waals surface area contributed by atoms with Crippen LogP contribution in [0.25, 0.3) is 0 Å². The van der Waals surface area contributed by atoms with Gasteiger partial charge >= 0.3 is 0 Å². The van der Waals surface area contributed by atoms with Gasteiger partial charge in [0.05, 0.1) is 11.5 Å². The van der Waals surface area contributed by atoms with Crippen molar-refractivity contribution in [2.75, 3.05) is 33.4 Å². The number of benzene rings is 1. The van der Waals surface area contributed by atoms with Gasteiger partial charge in [-0.15, -0.1) is 0 Å². The second-order valence-corrected chi connectivity index (χ2v) is 9.94. The monoisotopic (exact) mass is 439 g/mol. The number of ether oxygens (including phenoxy) is 1. The molecule has 0 bridgehead atoms. The van der Waals surface area contributed by atoms with Crippen LogP contribution in [-0.4, -0.2) is 63.9 Å². The Kier molecular flexibility index (Phi) is 8.81. The standard InChI is InChI=1S/C21H33N3O5S/c1-15(2)19(21(26)22-11-14-29-4)23-20(25)17-9-12-24(13-10-17)30(27,28)18-7-5-16(3)6-8-18/h5-8,15,17,19H,9-14H2,1-4H3,(H,22,26)(H,23,25). The van der Waals surface area contributed by atoms with Gasteiger partial charge in [-0.25, -0.2) is 8.42 Å². The largest absolute Gasteiger partial charge is 0.383 e. The topological polar surface area (TPSA) is 105 Å². The molecule has 2 N–H and O–H groups in total. The van der Waals surface area contributed by atoms with Crippen LogP contribution in [0.1, 0.15) is 32.3 Å². The van der Waals surface area contributed by atoms with Gasteiger partial charge in [0.1, 0.15) is 6.04 Å². The van der Waals surface area contributed by atoms with Gasteiger partial charge in [0, 0.05) is 32.7 Å². The fourth-order valence-electron chi connectivity index (χ4n) is 3.41. The van der Waals surface area contributed by atoms with E-state index in [0.717, 1.165) is 5.56 Å². The normalized spacial score (nSPS) is 17.0. The number of amides is 2. The van der Waals surface area contributed by atoms with Gasteiger partial charge in [-0.3, -0.25) is 9.59 Å². The lowest BCUT2D eigenvalue weighted by Gasteiger charge is -2.32. The van der Waals surface area contributed by atoms with Crippen molar-refractivity contribution in [1.29, 1.82) is 0 Å². The van der Waals surface area contributed by atoms with Crippen LogP contribution in [0.3, 0.4) is 0 Å². The number of nitrogens with zero attached hydrogens (tertiary/aromatic N) is 1. The van der Waals surface area contributed by atoms with Gasteiger partial charge in [0.2, 0.25) is 21.8 Å². The Balaban J connectivity index is 1.94. The minimum atomic E-state index is -3.57. The first-order valence-electron chi connectivity index (χ1n) is 10.3. The van der Waals surface area contributed by atoms with E-state index in [2.05, 4.69) is 10.6 Å². The van der Waals surface area contributed by atoms with E-state index in [0.29, 0.717) is 26.0 Å². The molecule has 9 heteroatoms. The molecule has 2 rings (SSSR count). The van der Waals surface area contributed by atoms with Crippen molar-refractivity contribution in [2.45, 2.75) is 44.6 Å². The Hall–Kier alpha value is -1.97. The van der Waals surface area contributed by atoms with Crippen LogP contribution in [0.5, 0.6) is 0 Å². The van der Waals surface area contributed by atoms with Crippen LogP contribution in [0.4, 0.5) is 0 Å². The molecule has 1 aromatic carbocycles. The number of aryl methyl sites for hydroxylation is 1. The highest BCUT2D eigenvalue weighted by atomic mass is 32.2. The van der Waals surface area contributed by atoms with Crippen molar-refractivity contribution in [1.82, 2.24) is 14.9 Å².